The van der Waals surface area contributed by atoms with Gasteiger partial charge in [0.05, 0.1) is 6.61 Å². The van der Waals surface area contributed by atoms with E-state index in [0.29, 0.717) is 31.7 Å². The molecule has 1 heterocycles. The maximum absolute atomic E-state index is 13.7. The Morgan fingerprint density at radius 1 is 0.769 bits per heavy atom. The maximum atomic E-state index is 13.7. The molecule has 3 aromatic carbocycles. The van der Waals surface area contributed by atoms with Crippen molar-refractivity contribution in [1.82, 2.24) is 15.4 Å². The van der Waals surface area contributed by atoms with Crippen molar-refractivity contribution in [2.24, 2.45) is 0 Å². The zero-order chi connectivity index (χ0) is 27.3. The average molecular weight is 524 g/mol. The van der Waals surface area contributed by atoms with Crippen molar-refractivity contribution in [2.45, 2.75) is 38.8 Å². The number of hydrogen-bond donors (Lipinski definition) is 2. The van der Waals surface area contributed by atoms with Crippen molar-refractivity contribution < 1.29 is 19.5 Å². The lowest BCUT2D eigenvalue weighted by Crippen LogP contribution is -2.30. The van der Waals surface area contributed by atoms with Gasteiger partial charge in [-0.1, -0.05) is 60.7 Å². The van der Waals surface area contributed by atoms with Crippen LogP contribution in [-0.2, 0) is 17.9 Å². The second-order valence-corrected chi connectivity index (χ2v) is 9.26. The molecule has 0 saturated heterocycles. The Hall–Kier alpha value is -4.49. The summed E-state index contributed by atoms with van der Waals surface area (Å²) in [6.45, 7) is 1.36. The van der Waals surface area contributed by atoms with Gasteiger partial charge in [0.2, 0.25) is 5.91 Å². The monoisotopic (exact) mass is 523 g/mol. The van der Waals surface area contributed by atoms with Crippen molar-refractivity contribution in [2.75, 3.05) is 6.61 Å². The van der Waals surface area contributed by atoms with Gasteiger partial charge in [0.25, 0.3) is 5.91 Å². The number of benzene rings is 3. The summed E-state index contributed by atoms with van der Waals surface area (Å²) >= 11 is 0. The quantitative estimate of drug-likeness (QED) is 0.127. The Labute approximate surface area is 229 Å². The third kappa shape index (κ3) is 8.25. The number of rotatable bonds is 13. The molecule has 0 bridgehead atoms. The number of ether oxygens (including phenoxy) is 1. The van der Waals surface area contributed by atoms with Crippen LogP contribution in [0.5, 0.6) is 5.75 Å². The highest BCUT2D eigenvalue weighted by Crippen LogP contribution is 2.24. The van der Waals surface area contributed by atoms with Crippen molar-refractivity contribution in [3.05, 3.63) is 120 Å². The number of carbonyl (C=O) groups is 2. The SMILES string of the molecule is O=C(CCCCCOc1ccccc1CN(Cc1ccccc1)C(=O)c1ccc(-c2ccncc2)cc1)NO. The molecule has 1 aromatic heterocycles. The Bertz CT molecular complexity index is 1330. The number of amides is 2. The average Bonchev–Trinajstić information content (AvgIpc) is 2.99. The van der Waals surface area contributed by atoms with Crippen LogP contribution in [0.2, 0.25) is 0 Å². The predicted molar refractivity (Wildman–Crippen MR) is 150 cm³/mol. The minimum absolute atomic E-state index is 0.0582. The van der Waals surface area contributed by atoms with E-state index >= 15 is 0 Å². The molecule has 4 rings (SSSR count). The molecule has 0 spiro atoms. The molecule has 0 aliphatic heterocycles. The normalized spacial score (nSPS) is 10.6. The molecule has 0 aliphatic rings. The van der Waals surface area contributed by atoms with Gasteiger partial charge in [0, 0.05) is 43.0 Å². The third-order valence-corrected chi connectivity index (χ3v) is 6.41. The van der Waals surface area contributed by atoms with E-state index in [2.05, 4.69) is 4.98 Å². The number of unbranched alkanes of at least 4 members (excludes halogenated alkanes) is 2. The standard InChI is InChI=1S/C32H33N3O4/c36-31(34-38)13-5-2-8-22-39-30-12-7-6-11-29(30)24-35(23-25-9-3-1-4-10-25)32(37)28-16-14-26(15-17-28)27-18-20-33-21-19-27/h1,3-4,6-7,9-12,14-21,38H,2,5,8,13,22-24H2,(H,34,36). The van der Waals surface area contributed by atoms with Crippen LogP contribution < -0.4 is 10.2 Å². The van der Waals surface area contributed by atoms with Gasteiger partial charge < -0.3 is 9.64 Å². The number of pyridine rings is 1. The smallest absolute Gasteiger partial charge is 0.254 e. The molecule has 0 saturated carbocycles. The lowest BCUT2D eigenvalue weighted by molar-refractivity contribution is -0.129. The van der Waals surface area contributed by atoms with Gasteiger partial charge >= 0.3 is 0 Å². The van der Waals surface area contributed by atoms with E-state index in [9.17, 15) is 9.59 Å². The first-order chi connectivity index (χ1) is 19.1. The van der Waals surface area contributed by atoms with Crippen LogP contribution in [0.4, 0.5) is 0 Å². The van der Waals surface area contributed by atoms with Gasteiger partial charge in [0.1, 0.15) is 5.75 Å². The minimum Gasteiger partial charge on any atom is -0.493 e. The van der Waals surface area contributed by atoms with Crippen LogP contribution in [0.15, 0.2) is 103 Å². The molecule has 0 fully saturated rings. The lowest BCUT2D eigenvalue weighted by atomic mass is 10.0. The van der Waals surface area contributed by atoms with E-state index in [4.69, 9.17) is 9.94 Å². The fourth-order valence-electron chi connectivity index (χ4n) is 4.32. The number of nitrogens with zero attached hydrogens (tertiary/aromatic N) is 2. The number of nitrogens with one attached hydrogen (secondary N) is 1. The number of hydroxylamine groups is 1. The summed E-state index contributed by atoms with van der Waals surface area (Å²) in [5.41, 5.74) is 6.32. The second kappa shape index (κ2) is 14.4. The molecule has 200 valence electrons. The zero-order valence-electron chi connectivity index (χ0n) is 21.8. The fourth-order valence-corrected chi connectivity index (χ4v) is 4.32. The highest BCUT2D eigenvalue weighted by molar-refractivity contribution is 5.94. The summed E-state index contributed by atoms with van der Waals surface area (Å²) in [5.74, 6) is 0.304. The minimum atomic E-state index is -0.378. The highest BCUT2D eigenvalue weighted by Gasteiger charge is 2.19. The molecular formula is C32H33N3O4. The van der Waals surface area contributed by atoms with Crippen molar-refractivity contribution in [3.8, 4) is 16.9 Å². The number of hydrogen-bond acceptors (Lipinski definition) is 5. The van der Waals surface area contributed by atoms with Gasteiger partial charge in [-0.2, -0.15) is 0 Å². The van der Waals surface area contributed by atoms with E-state index in [0.717, 1.165) is 40.8 Å². The molecule has 4 aromatic rings. The third-order valence-electron chi connectivity index (χ3n) is 6.41. The Morgan fingerprint density at radius 3 is 2.21 bits per heavy atom. The number of para-hydroxylation sites is 1. The van der Waals surface area contributed by atoms with Gasteiger partial charge in [-0.15, -0.1) is 0 Å². The molecule has 7 heteroatoms. The van der Waals surface area contributed by atoms with Crippen molar-refractivity contribution in [1.29, 1.82) is 0 Å². The zero-order valence-corrected chi connectivity index (χ0v) is 21.8. The molecule has 7 nitrogen and oxygen atoms in total. The van der Waals surface area contributed by atoms with Crippen LogP contribution in [0.25, 0.3) is 11.1 Å². The second-order valence-electron chi connectivity index (χ2n) is 9.26. The lowest BCUT2D eigenvalue weighted by Gasteiger charge is -2.24. The molecule has 2 amide bonds. The molecule has 2 N–H and O–H groups in total. The Morgan fingerprint density at radius 2 is 1.46 bits per heavy atom. The van der Waals surface area contributed by atoms with E-state index in [-0.39, 0.29) is 18.2 Å². The summed E-state index contributed by atoms with van der Waals surface area (Å²) in [7, 11) is 0. The summed E-state index contributed by atoms with van der Waals surface area (Å²) in [5, 5.41) is 8.60. The molecule has 0 unspecified atom stereocenters. The van der Waals surface area contributed by atoms with Crippen LogP contribution in [-0.4, -0.2) is 33.5 Å². The summed E-state index contributed by atoms with van der Waals surface area (Å²) < 4.78 is 6.08. The van der Waals surface area contributed by atoms with Crippen molar-refractivity contribution >= 4 is 11.8 Å². The first kappa shape index (κ1) is 27.5. The van der Waals surface area contributed by atoms with Crippen LogP contribution in [0, 0.1) is 0 Å². The number of carbonyl (C=O) groups excluding carboxylic acids is 2. The summed E-state index contributed by atoms with van der Waals surface area (Å²) in [4.78, 5) is 30.8. The fraction of sp³-hybridized carbons (Fsp3) is 0.219. The molecule has 0 radical (unpaired) electrons. The highest BCUT2D eigenvalue weighted by atomic mass is 16.5. The van der Waals surface area contributed by atoms with Crippen LogP contribution in [0.3, 0.4) is 0 Å². The van der Waals surface area contributed by atoms with Gasteiger partial charge in [0.15, 0.2) is 0 Å². The van der Waals surface area contributed by atoms with Gasteiger partial charge in [-0.3, -0.25) is 19.8 Å². The molecule has 39 heavy (non-hydrogen) atoms. The number of aromatic nitrogens is 1. The molecule has 0 atom stereocenters. The largest absolute Gasteiger partial charge is 0.493 e. The van der Waals surface area contributed by atoms with Gasteiger partial charge in [-0.25, -0.2) is 5.48 Å². The van der Waals surface area contributed by atoms with Crippen molar-refractivity contribution in [3.63, 3.8) is 0 Å². The van der Waals surface area contributed by atoms with Gasteiger partial charge in [-0.05, 0) is 66.3 Å². The van der Waals surface area contributed by atoms with Crippen LogP contribution >= 0.6 is 0 Å². The Balaban J connectivity index is 1.46. The van der Waals surface area contributed by atoms with Crippen LogP contribution in [0.1, 0.15) is 47.2 Å². The Kier molecular flexibility index (Phi) is 10.2. The predicted octanol–water partition coefficient (Wildman–Crippen LogP) is 6.04. The first-order valence-electron chi connectivity index (χ1n) is 13.1. The maximum Gasteiger partial charge on any atom is 0.254 e. The topological polar surface area (TPSA) is 91.8 Å². The summed E-state index contributed by atoms with van der Waals surface area (Å²) in [6, 6.07) is 29.3. The van der Waals surface area contributed by atoms with E-state index in [1.165, 1.54) is 0 Å². The summed E-state index contributed by atoms with van der Waals surface area (Å²) in [6.07, 6.45) is 6.06. The van der Waals surface area contributed by atoms with E-state index < -0.39 is 0 Å². The van der Waals surface area contributed by atoms with E-state index in [1.807, 2.05) is 95.9 Å². The van der Waals surface area contributed by atoms with E-state index in [1.54, 1.807) is 17.9 Å². The molecule has 0 aliphatic carbocycles. The molecular weight excluding hydrogens is 490 g/mol. The first-order valence-corrected chi connectivity index (χ1v) is 13.1.